The maximum atomic E-state index is 6.13. The second kappa shape index (κ2) is 10.3. The Morgan fingerprint density at radius 1 is 1.17 bits per heavy atom. The summed E-state index contributed by atoms with van der Waals surface area (Å²) in [6, 6.07) is 16.4. The highest BCUT2D eigenvalue weighted by Gasteiger charge is 2.33. The highest BCUT2D eigenvalue weighted by molar-refractivity contribution is 5.80. The summed E-state index contributed by atoms with van der Waals surface area (Å²) in [5.41, 5.74) is 2.06. The molecule has 30 heavy (non-hydrogen) atoms. The normalized spacial score (nSPS) is 17.6. The molecule has 162 valence electrons. The van der Waals surface area contributed by atoms with Crippen LogP contribution in [0.5, 0.6) is 11.5 Å². The van der Waals surface area contributed by atoms with Gasteiger partial charge < -0.3 is 24.8 Å². The van der Waals surface area contributed by atoms with Gasteiger partial charge in [-0.1, -0.05) is 30.3 Å². The van der Waals surface area contributed by atoms with Gasteiger partial charge in [-0.05, 0) is 37.6 Å². The SMILES string of the molecule is CN=C(NCc1cccc(OCCCOC)c1)NC1CC(C)(C)Oc2ccccc21. The Kier molecular flexibility index (Phi) is 7.57. The Morgan fingerprint density at radius 3 is 2.80 bits per heavy atom. The van der Waals surface area contributed by atoms with Gasteiger partial charge in [0.1, 0.15) is 17.1 Å². The molecule has 0 amide bonds. The van der Waals surface area contributed by atoms with Crippen molar-refractivity contribution in [3.8, 4) is 11.5 Å². The van der Waals surface area contributed by atoms with Crippen LogP contribution < -0.4 is 20.1 Å². The van der Waals surface area contributed by atoms with Crippen LogP contribution >= 0.6 is 0 Å². The summed E-state index contributed by atoms with van der Waals surface area (Å²) in [4.78, 5) is 4.42. The molecule has 6 nitrogen and oxygen atoms in total. The van der Waals surface area contributed by atoms with E-state index in [0.29, 0.717) is 19.8 Å². The number of hydrogen-bond acceptors (Lipinski definition) is 4. The van der Waals surface area contributed by atoms with Gasteiger partial charge in [0.2, 0.25) is 0 Å². The average Bonchev–Trinajstić information content (AvgIpc) is 2.73. The van der Waals surface area contributed by atoms with Crippen molar-refractivity contribution in [3.05, 3.63) is 59.7 Å². The summed E-state index contributed by atoms with van der Waals surface area (Å²) in [5.74, 6) is 2.56. The standard InChI is InChI=1S/C24H33N3O3/c1-24(2)16-21(20-11-5-6-12-22(20)30-24)27-23(25-3)26-17-18-9-7-10-19(15-18)29-14-8-13-28-4/h5-7,9-12,15,21H,8,13-14,16-17H2,1-4H3,(H2,25,26,27). The lowest BCUT2D eigenvalue weighted by Crippen LogP contribution is -2.45. The number of rotatable bonds is 8. The van der Waals surface area contributed by atoms with Crippen LogP contribution in [0.3, 0.4) is 0 Å². The van der Waals surface area contributed by atoms with Crippen molar-refractivity contribution in [2.24, 2.45) is 4.99 Å². The van der Waals surface area contributed by atoms with Crippen LogP contribution in [0.1, 0.15) is 43.9 Å². The number of fused-ring (bicyclic) bond motifs is 1. The lowest BCUT2D eigenvalue weighted by molar-refractivity contribution is 0.0694. The zero-order valence-corrected chi connectivity index (χ0v) is 18.4. The Hall–Kier alpha value is -2.73. The quantitative estimate of drug-likeness (QED) is 0.389. The van der Waals surface area contributed by atoms with E-state index in [4.69, 9.17) is 14.2 Å². The lowest BCUT2D eigenvalue weighted by Gasteiger charge is -2.38. The van der Waals surface area contributed by atoms with E-state index in [9.17, 15) is 0 Å². The first kappa shape index (κ1) is 22.0. The number of hydrogen-bond donors (Lipinski definition) is 2. The van der Waals surface area contributed by atoms with E-state index in [2.05, 4.69) is 47.7 Å². The van der Waals surface area contributed by atoms with Gasteiger partial charge in [-0.2, -0.15) is 0 Å². The van der Waals surface area contributed by atoms with E-state index in [1.165, 1.54) is 0 Å². The molecule has 1 heterocycles. The van der Waals surface area contributed by atoms with Gasteiger partial charge in [-0.25, -0.2) is 0 Å². The third-order valence-corrected chi connectivity index (χ3v) is 5.03. The zero-order chi connectivity index (χ0) is 21.4. The number of para-hydroxylation sites is 1. The molecule has 6 heteroatoms. The first-order valence-electron chi connectivity index (χ1n) is 10.5. The monoisotopic (exact) mass is 411 g/mol. The summed E-state index contributed by atoms with van der Waals surface area (Å²) in [6.07, 6.45) is 1.73. The maximum Gasteiger partial charge on any atom is 0.191 e. The van der Waals surface area contributed by atoms with Crippen LogP contribution in [0.25, 0.3) is 0 Å². The third kappa shape index (κ3) is 6.13. The Balaban J connectivity index is 1.59. The average molecular weight is 412 g/mol. The molecule has 2 aromatic carbocycles. The largest absolute Gasteiger partial charge is 0.493 e. The molecular weight excluding hydrogens is 378 g/mol. The number of guanidine groups is 1. The smallest absolute Gasteiger partial charge is 0.191 e. The summed E-state index contributed by atoms with van der Waals surface area (Å²) in [5, 5.41) is 6.98. The van der Waals surface area contributed by atoms with Crippen LogP contribution in [0.2, 0.25) is 0 Å². The van der Waals surface area contributed by atoms with E-state index < -0.39 is 0 Å². The van der Waals surface area contributed by atoms with Crippen molar-refractivity contribution in [2.75, 3.05) is 27.4 Å². The lowest BCUT2D eigenvalue weighted by atomic mass is 9.90. The molecule has 1 aliphatic heterocycles. The number of aliphatic imine (C=N–C) groups is 1. The van der Waals surface area contributed by atoms with E-state index in [1.807, 2.05) is 30.3 Å². The molecule has 0 radical (unpaired) electrons. The topological polar surface area (TPSA) is 64.1 Å². The van der Waals surface area contributed by atoms with Gasteiger partial charge in [0.15, 0.2) is 5.96 Å². The summed E-state index contributed by atoms with van der Waals surface area (Å²) < 4.78 is 17.0. The number of nitrogens with one attached hydrogen (secondary N) is 2. The molecule has 0 bridgehead atoms. The van der Waals surface area contributed by atoms with Crippen molar-refractivity contribution in [1.82, 2.24) is 10.6 Å². The van der Waals surface area contributed by atoms with E-state index in [-0.39, 0.29) is 11.6 Å². The molecular formula is C24H33N3O3. The second-order valence-corrected chi connectivity index (χ2v) is 8.07. The fourth-order valence-electron chi connectivity index (χ4n) is 3.61. The summed E-state index contributed by atoms with van der Waals surface area (Å²) in [6.45, 7) is 6.24. The summed E-state index contributed by atoms with van der Waals surface area (Å²) in [7, 11) is 3.49. The van der Waals surface area contributed by atoms with Gasteiger partial charge in [0, 0.05) is 45.7 Å². The van der Waals surface area contributed by atoms with Crippen LogP contribution in [-0.4, -0.2) is 38.9 Å². The van der Waals surface area contributed by atoms with E-state index in [1.54, 1.807) is 14.2 Å². The van der Waals surface area contributed by atoms with Gasteiger partial charge in [0.25, 0.3) is 0 Å². The molecule has 0 saturated heterocycles. The Labute approximate surface area is 179 Å². The van der Waals surface area contributed by atoms with Crippen molar-refractivity contribution in [3.63, 3.8) is 0 Å². The Bertz CT molecular complexity index is 851. The molecule has 2 N–H and O–H groups in total. The summed E-state index contributed by atoms with van der Waals surface area (Å²) >= 11 is 0. The number of methoxy groups -OCH3 is 1. The first-order chi connectivity index (χ1) is 14.5. The molecule has 1 atom stereocenters. The van der Waals surface area contributed by atoms with Crippen LogP contribution in [0, 0.1) is 0 Å². The van der Waals surface area contributed by atoms with Crippen LogP contribution in [0.15, 0.2) is 53.5 Å². The Morgan fingerprint density at radius 2 is 2.00 bits per heavy atom. The van der Waals surface area contributed by atoms with Gasteiger partial charge in [-0.15, -0.1) is 0 Å². The minimum atomic E-state index is -0.237. The van der Waals surface area contributed by atoms with Crippen LogP contribution in [0.4, 0.5) is 0 Å². The van der Waals surface area contributed by atoms with Crippen molar-refractivity contribution in [2.45, 2.75) is 44.9 Å². The highest BCUT2D eigenvalue weighted by Crippen LogP contribution is 2.39. The molecule has 1 unspecified atom stereocenters. The molecule has 0 aliphatic carbocycles. The zero-order valence-electron chi connectivity index (χ0n) is 18.4. The van der Waals surface area contributed by atoms with E-state index >= 15 is 0 Å². The van der Waals surface area contributed by atoms with Crippen molar-refractivity contribution in [1.29, 1.82) is 0 Å². The minimum absolute atomic E-state index is 0.131. The predicted octanol–water partition coefficient (Wildman–Crippen LogP) is 4.07. The number of nitrogens with zero attached hydrogens (tertiary/aromatic N) is 1. The maximum absolute atomic E-state index is 6.13. The van der Waals surface area contributed by atoms with Crippen LogP contribution in [-0.2, 0) is 11.3 Å². The fourth-order valence-corrected chi connectivity index (χ4v) is 3.61. The molecule has 0 aromatic heterocycles. The third-order valence-electron chi connectivity index (χ3n) is 5.03. The van der Waals surface area contributed by atoms with Gasteiger partial charge in [0.05, 0.1) is 12.6 Å². The highest BCUT2D eigenvalue weighted by atomic mass is 16.5. The van der Waals surface area contributed by atoms with Crippen molar-refractivity contribution >= 4 is 5.96 Å². The molecule has 3 rings (SSSR count). The minimum Gasteiger partial charge on any atom is -0.493 e. The predicted molar refractivity (Wildman–Crippen MR) is 120 cm³/mol. The molecule has 0 spiro atoms. The van der Waals surface area contributed by atoms with Gasteiger partial charge >= 0.3 is 0 Å². The molecule has 0 saturated carbocycles. The van der Waals surface area contributed by atoms with Crippen molar-refractivity contribution < 1.29 is 14.2 Å². The van der Waals surface area contributed by atoms with E-state index in [0.717, 1.165) is 41.4 Å². The molecule has 1 aliphatic rings. The molecule has 2 aromatic rings. The first-order valence-corrected chi connectivity index (χ1v) is 10.5. The molecule has 0 fully saturated rings. The second-order valence-electron chi connectivity index (χ2n) is 8.07. The number of benzene rings is 2. The number of ether oxygens (including phenoxy) is 3. The fraction of sp³-hybridized carbons (Fsp3) is 0.458. The van der Waals surface area contributed by atoms with Gasteiger partial charge in [-0.3, -0.25) is 4.99 Å².